The topological polar surface area (TPSA) is 44.0 Å². The van der Waals surface area contributed by atoms with Gasteiger partial charge in [0.25, 0.3) is 5.56 Å². The molecule has 4 aromatic rings. The third kappa shape index (κ3) is 2.27. The second-order valence-electron chi connectivity index (χ2n) is 6.95. The SMILES string of the molecule is Cc1csc2c1c(=O)c1c(=O)n(-c3ccccc3)c(C(C)C)cc1n2C. The van der Waals surface area contributed by atoms with Gasteiger partial charge in [-0.25, -0.2) is 0 Å². The highest BCUT2D eigenvalue weighted by atomic mass is 32.1. The zero-order chi connectivity index (χ0) is 18.6. The number of aromatic nitrogens is 2. The fourth-order valence-corrected chi connectivity index (χ4v) is 4.58. The molecule has 5 heteroatoms. The van der Waals surface area contributed by atoms with Crippen LogP contribution in [0, 0.1) is 6.92 Å². The predicted octanol–water partition coefficient (Wildman–Crippen LogP) is 4.34. The molecule has 0 saturated heterocycles. The normalized spacial score (nSPS) is 11.7. The molecule has 26 heavy (non-hydrogen) atoms. The quantitative estimate of drug-likeness (QED) is 0.531. The van der Waals surface area contributed by atoms with E-state index in [1.165, 1.54) is 0 Å². The first kappa shape index (κ1) is 16.8. The monoisotopic (exact) mass is 364 g/mol. The molecule has 0 spiro atoms. The van der Waals surface area contributed by atoms with E-state index in [2.05, 4.69) is 13.8 Å². The van der Waals surface area contributed by atoms with Crippen molar-refractivity contribution in [2.75, 3.05) is 0 Å². The third-order valence-corrected chi connectivity index (χ3v) is 6.07. The number of pyridine rings is 2. The maximum atomic E-state index is 13.5. The average Bonchev–Trinajstić information content (AvgIpc) is 3.01. The van der Waals surface area contributed by atoms with E-state index in [0.717, 1.165) is 21.8 Å². The van der Waals surface area contributed by atoms with E-state index in [-0.39, 0.29) is 22.3 Å². The summed E-state index contributed by atoms with van der Waals surface area (Å²) in [6.07, 6.45) is 0. The van der Waals surface area contributed by atoms with Crippen molar-refractivity contribution in [3.05, 3.63) is 73.6 Å². The second-order valence-corrected chi connectivity index (χ2v) is 7.81. The molecule has 0 aliphatic heterocycles. The van der Waals surface area contributed by atoms with Crippen LogP contribution >= 0.6 is 11.3 Å². The molecule has 0 atom stereocenters. The largest absolute Gasteiger partial charge is 0.335 e. The van der Waals surface area contributed by atoms with Crippen LogP contribution in [0.5, 0.6) is 0 Å². The second kappa shape index (κ2) is 5.95. The zero-order valence-electron chi connectivity index (χ0n) is 15.2. The highest BCUT2D eigenvalue weighted by Gasteiger charge is 2.20. The van der Waals surface area contributed by atoms with Crippen molar-refractivity contribution < 1.29 is 0 Å². The standard InChI is InChI=1S/C21H20N2O2S/c1-12(2)15-10-16-18(20(25)23(15)14-8-6-5-7-9-14)19(24)17-13(3)11-26-21(17)22(16)4/h5-12H,1-4H3. The van der Waals surface area contributed by atoms with Crippen LogP contribution in [0.1, 0.15) is 31.0 Å². The Morgan fingerprint density at radius 1 is 1.04 bits per heavy atom. The minimum Gasteiger partial charge on any atom is -0.335 e. The van der Waals surface area contributed by atoms with Crippen molar-refractivity contribution in [1.29, 1.82) is 0 Å². The Balaban J connectivity index is 2.28. The summed E-state index contributed by atoms with van der Waals surface area (Å²) in [4.78, 5) is 27.6. The average molecular weight is 364 g/mol. The van der Waals surface area contributed by atoms with Crippen LogP contribution in [0.3, 0.4) is 0 Å². The van der Waals surface area contributed by atoms with Crippen LogP contribution in [0.2, 0.25) is 0 Å². The summed E-state index contributed by atoms with van der Waals surface area (Å²) in [6, 6.07) is 11.5. The Kier molecular flexibility index (Phi) is 3.84. The molecule has 0 aliphatic carbocycles. The molecule has 4 rings (SSSR count). The Labute approximate surface area is 154 Å². The highest BCUT2D eigenvalue weighted by molar-refractivity contribution is 7.17. The summed E-state index contributed by atoms with van der Waals surface area (Å²) in [5, 5.41) is 2.89. The van der Waals surface area contributed by atoms with Crippen LogP contribution in [-0.2, 0) is 7.05 Å². The van der Waals surface area contributed by atoms with Gasteiger partial charge in [-0.1, -0.05) is 32.0 Å². The van der Waals surface area contributed by atoms with E-state index in [4.69, 9.17) is 0 Å². The fraction of sp³-hybridized carbons (Fsp3) is 0.238. The number of fused-ring (bicyclic) bond motifs is 2. The number of thiophene rings is 1. The van der Waals surface area contributed by atoms with Gasteiger partial charge in [0.2, 0.25) is 5.43 Å². The molecule has 3 aromatic heterocycles. The van der Waals surface area contributed by atoms with Gasteiger partial charge in [-0.2, -0.15) is 0 Å². The van der Waals surface area contributed by atoms with Crippen LogP contribution in [-0.4, -0.2) is 9.13 Å². The van der Waals surface area contributed by atoms with Crippen molar-refractivity contribution in [2.24, 2.45) is 7.05 Å². The fourth-order valence-electron chi connectivity index (χ4n) is 3.55. The van der Waals surface area contributed by atoms with Crippen molar-refractivity contribution in [2.45, 2.75) is 26.7 Å². The van der Waals surface area contributed by atoms with Crippen molar-refractivity contribution in [1.82, 2.24) is 9.13 Å². The van der Waals surface area contributed by atoms with Crippen LogP contribution in [0.15, 0.2) is 51.4 Å². The first-order chi connectivity index (χ1) is 12.4. The minimum atomic E-state index is -0.245. The summed E-state index contributed by atoms with van der Waals surface area (Å²) in [5.41, 5.74) is 2.89. The lowest BCUT2D eigenvalue weighted by atomic mass is 10.1. The van der Waals surface area contributed by atoms with E-state index < -0.39 is 0 Å². The van der Waals surface area contributed by atoms with Gasteiger partial charge in [-0.3, -0.25) is 14.2 Å². The summed E-state index contributed by atoms with van der Waals surface area (Å²) in [5.74, 6) is 0.142. The van der Waals surface area contributed by atoms with E-state index in [0.29, 0.717) is 10.9 Å². The lowest BCUT2D eigenvalue weighted by Gasteiger charge is -2.18. The number of benzene rings is 1. The van der Waals surface area contributed by atoms with Gasteiger partial charge in [0.15, 0.2) is 0 Å². The first-order valence-corrected chi connectivity index (χ1v) is 9.51. The molecule has 0 aliphatic rings. The molecular weight excluding hydrogens is 344 g/mol. The van der Waals surface area contributed by atoms with Gasteiger partial charge in [-0.15, -0.1) is 11.3 Å². The number of hydrogen-bond donors (Lipinski definition) is 0. The molecule has 0 N–H and O–H groups in total. The molecule has 0 saturated carbocycles. The summed E-state index contributed by atoms with van der Waals surface area (Å²) < 4.78 is 3.66. The Morgan fingerprint density at radius 3 is 2.38 bits per heavy atom. The highest BCUT2D eigenvalue weighted by Crippen LogP contribution is 2.27. The first-order valence-electron chi connectivity index (χ1n) is 8.63. The van der Waals surface area contributed by atoms with Crippen LogP contribution < -0.4 is 11.0 Å². The van der Waals surface area contributed by atoms with Gasteiger partial charge in [-0.05, 0) is 42.0 Å². The van der Waals surface area contributed by atoms with Gasteiger partial charge in [0.05, 0.1) is 10.9 Å². The molecule has 0 amide bonds. The lowest BCUT2D eigenvalue weighted by molar-refractivity contribution is 0.762. The lowest BCUT2D eigenvalue weighted by Crippen LogP contribution is -2.28. The third-order valence-electron chi connectivity index (χ3n) is 4.90. The number of nitrogens with zero attached hydrogens (tertiary/aromatic N) is 2. The predicted molar refractivity (Wildman–Crippen MR) is 109 cm³/mol. The van der Waals surface area contributed by atoms with E-state index in [1.54, 1.807) is 15.9 Å². The smallest absolute Gasteiger partial charge is 0.268 e. The molecule has 0 unspecified atom stereocenters. The Bertz CT molecular complexity index is 1260. The molecule has 0 fully saturated rings. The Hall–Kier alpha value is -2.66. The zero-order valence-corrected chi connectivity index (χ0v) is 16.1. The van der Waals surface area contributed by atoms with Crippen molar-refractivity contribution in [3.63, 3.8) is 0 Å². The molecule has 0 bridgehead atoms. The molecule has 1 aromatic carbocycles. The molecule has 0 radical (unpaired) electrons. The maximum Gasteiger partial charge on any atom is 0.268 e. The van der Waals surface area contributed by atoms with E-state index >= 15 is 0 Å². The number of rotatable bonds is 2. The minimum absolute atomic E-state index is 0.142. The molecular formula is C21H20N2O2S. The van der Waals surface area contributed by atoms with E-state index in [9.17, 15) is 9.59 Å². The van der Waals surface area contributed by atoms with Crippen LogP contribution in [0.4, 0.5) is 0 Å². The molecule has 3 heterocycles. The van der Waals surface area contributed by atoms with Gasteiger partial charge in [0.1, 0.15) is 10.2 Å². The van der Waals surface area contributed by atoms with E-state index in [1.807, 2.05) is 60.3 Å². The number of para-hydroxylation sites is 1. The molecule has 132 valence electrons. The number of hydrogen-bond acceptors (Lipinski definition) is 3. The van der Waals surface area contributed by atoms with Crippen molar-refractivity contribution in [3.8, 4) is 5.69 Å². The molecule has 4 nitrogen and oxygen atoms in total. The van der Waals surface area contributed by atoms with Gasteiger partial charge < -0.3 is 4.57 Å². The summed E-state index contributed by atoms with van der Waals surface area (Å²) in [7, 11) is 1.93. The Morgan fingerprint density at radius 2 is 1.73 bits per heavy atom. The van der Waals surface area contributed by atoms with Crippen LogP contribution in [0.25, 0.3) is 26.8 Å². The summed E-state index contributed by atoms with van der Waals surface area (Å²) >= 11 is 1.54. The van der Waals surface area contributed by atoms with Gasteiger partial charge in [0, 0.05) is 18.4 Å². The van der Waals surface area contributed by atoms with Crippen molar-refractivity contribution >= 4 is 32.5 Å². The van der Waals surface area contributed by atoms with Gasteiger partial charge >= 0.3 is 0 Å². The number of aryl methyl sites for hydroxylation is 2. The summed E-state index contributed by atoms with van der Waals surface area (Å²) in [6.45, 7) is 6.04. The maximum absolute atomic E-state index is 13.5.